The maximum atomic E-state index is 8.83. The average Bonchev–Trinajstić information content (AvgIpc) is 2.41. The summed E-state index contributed by atoms with van der Waals surface area (Å²) in [6, 6.07) is 0. The largest absolute Gasteiger partial charge is 0.396 e. The molecule has 2 N–H and O–H groups in total. The van der Waals surface area contributed by atoms with Gasteiger partial charge >= 0.3 is 0 Å². The minimum Gasteiger partial charge on any atom is -0.396 e. The monoisotopic (exact) mass is 202 g/mol. The molecule has 0 bridgehead atoms. The lowest BCUT2D eigenvalue weighted by atomic mass is 10.3. The molecule has 84 valence electrons. The highest BCUT2D eigenvalue weighted by Gasteiger charge is 2.13. The molecule has 0 aliphatic carbocycles. The molecule has 1 saturated heterocycles. The van der Waals surface area contributed by atoms with E-state index in [1.165, 1.54) is 6.42 Å². The summed E-state index contributed by atoms with van der Waals surface area (Å²) in [5.41, 5.74) is 0. The number of aliphatic hydroxyl groups excluding tert-OH is 2. The van der Waals surface area contributed by atoms with Gasteiger partial charge in [-0.15, -0.1) is 0 Å². The highest BCUT2D eigenvalue weighted by molar-refractivity contribution is 4.69. The maximum absolute atomic E-state index is 8.83. The first-order valence-electron chi connectivity index (χ1n) is 5.53. The van der Waals surface area contributed by atoms with Crippen molar-refractivity contribution in [2.24, 2.45) is 0 Å². The van der Waals surface area contributed by atoms with Crippen molar-refractivity contribution in [1.29, 1.82) is 0 Å². The Balaban J connectivity index is 2.19. The van der Waals surface area contributed by atoms with Crippen LogP contribution in [0.4, 0.5) is 0 Å². The molecule has 1 fully saturated rings. The van der Waals surface area contributed by atoms with Gasteiger partial charge in [-0.05, 0) is 25.9 Å². The zero-order valence-corrected chi connectivity index (χ0v) is 8.86. The summed E-state index contributed by atoms with van der Waals surface area (Å²) in [5.74, 6) is 0. The smallest absolute Gasteiger partial charge is 0.0558 e. The van der Waals surface area contributed by atoms with Crippen molar-refractivity contribution in [3.8, 4) is 0 Å². The minimum atomic E-state index is 0.261. The summed E-state index contributed by atoms with van der Waals surface area (Å²) in [6.45, 7) is 6.69. The molecule has 1 heterocycles. The quantitative estimate of drug-likeness (QED) is 0.623. The van der Waals surface area contributed by atoms with Crippen LogP contribution in [0.25, 0.3) is 0 Å². The Kier molecular flexibility index (Phi) is 6.10. The summed E-state index contributed by atoms with van der Waals surface area (Å²) in [7, 11) is 0. The molecule has 1 aliphatic rings. The lowest BCUT2D eigenvalue weighted by Gasteiger charge is -2.20. The standard InChI is InChI=1S/C10H22N2O2/c13-9-2-5-11-3-1-4-12(7-6-11)8-10-14/h13-14H,1-10H2. The van der Waals surface area contributed by atoms with Crippen molar-refractivity contribution >= 4 is 0 Å². The van der Waals surface area contributed by atoms with Gasteiger partial charge in [0, 0.05) is 32.8 Å². The Labute approximate surface area is 86.1 Å². The molecule has 0 saturated carbocycles. The predicted molar refractivity (Wildman–Crippen MR) is 56.3 cm³/mol. The number of nitrogens with zero attached hydrogens (tertiary/aromatic N) is 2. The molecular weight excluding hydrogens is 180 g/mol. The molecule has 0 amide bonds. The molecule has 0 spiro atoms. The van der Waals surface area contributed by atoms with E-state index >= 15 is 0 Å². The van der Waals surface area contributed by atoms with Crippen molar-refractivity contribution in [3.05, 3.63) is 0 Å². The molecule has 0 aromatic heterocycles. The number of aliphatic hydroxyl groups is 2. The number of β-amino-alcohol motifs (C(OH)–C–C–N with tert-alkyl or cyclic N) is 1. The Morgan fingerprint density at radius 2 is 1.43 bits per heavy atom. The van der Waals surface area contributed by atoms with E-state index in [4.69, 9.17) is 10.2 Å². The summed E-state index contributed by atoms with van der Waals surface area (Å²) >= 11 is 0. The van der Waals surface area contributed by atoms with Crippen LogP contribution in [-0.2, 0) is 0 Å². The zero-order chi connectivity index (χ0) is 10.2. The number of rotatable bonds is 5. The third-order valence-corrected chi connectivity index (χ3v) is 2.73. The normalized spacial score (nSPS) is 21.0. The molecule has 0 unspecified atom stereocenters. The van der Waals surface area contributed by atoms with Crippen LogP contribution in [0.1, 0.15) is 12.8 Å². The Bertz CT molecular complexity index is 144. The lowest BCUT2D eigenvalue weighted by Crippen LogP contribution is -2.33. The van der Waals surface area contributed by atoms with Crippen molar-refractivity contribution in [2.75, 3.05) is 52.5 Å². The van der Waals surface area contributed by atoms with Gasteiger partial charge in [-0.25, -0.2) is 0 Å². The summed E-state index contributed by atoms with van der Waals surface area (Å²) in [5, 5.41) is 17.6. The van der Waals surface area contributed by atoms with Crippen molar-refractivity contribution < 1.29 is 10.2 Å². The molecule has 4 nitrogen and oxygen atoms in total. The van der Waals surface area contributed by atoms with E-state index in [0.29, 0.717) is 0 Å². The van der Waals surface area contributed by atoms with Crippen molar-refractivity contribution in [1.82, 2.24) is 9.80 Å². The van der Waals surface area contributed by atoms with Crippen LogP contribution in [0.3, 0.4) is 0 Å². The zero-order valence-electron chi connectivity index (χ0n) is 8.86. The fourth-order valence-corrected chi connectivity index (χ4v) is 1.91. The van der Waals surface area contributed by atoms with E-state index in [1.807, 2.05) is 0 Å². The Morgan fingerprint density at radius 1 is 0.786 bits per heavy atom. The second-order valence-electron chi connectivity index (χ2n) is 3.84. The third-order valence-electron chi connectivity index (χ3n) is 2.73. The molecule has 4 heteroatoms. The first-order chi connectivity index (χ1) is 6.86. The summed E-state index contributed by atoms with van der Waals surface area (Å²) < 4.78 is 0. The second kappa shape index (κ2) is 7.17. The lowest BCUT2D eigenvalue weighted by molar-refractivity contribution is 0.193. The van der Waals surface area contributed by atoms with Crippen LogP contribution >= 0.6 is 0 Å². The van der Waals surface area contributed by atoms with Crippen LogP contribution in [0, 0.1) is 0 Å². The fourth-order valence-electron chi connectivity index (χ4n) is 1.91. The van der Waals surface area contributed by atoms with Gasteiger partial charge in [0.25, 0.3) is 0 Å². The van der Waals surface area contributed by atoms with E-state index in [9.17, 15) is 0 Å². The summed E-state index contributed by atoms with van der Waals surface area (Å²) in [4.78, 5) is 4.70. The Hall–Kier alpha value is -0.160. The summed E-state index contributed by atoms with van der Waals surface area (Å²) in [6.07, 6.45) is 2.05. The topological polar surface area (TPSA) is 46.9 Å². The average molecular weight is 202 g/mol. The van der Waals surface area contributed by atoms with E-state index in [2.05, 4.69) is 9.80 Å². The molecule has 1 rings (SSSR count). The molecule has 0 atom stereocenters. The van der Waals surface area contributed by atoms with Crippen LogP contribution < -0.4 is 0 Å². The minimum absolute atomic E-state index is 0.261. The Morgan fingerprint density at radius 3 is 2.00 bits per heavy atom. The maximum Gasteiger partial charge on any atom is 0.0558 e. The molecule has 1 aliphatic heterocycles. The molecule has 14 heavy (non-hydrogen) atoms. The van der Waals surface area contributed by atoms with E-state index in [1.54, 1.807) is 0 Å². The van der Waals surface area contributed by atoms with E-state index < -0.39 is 0 Å². The number of hydrogen-bond donors (Lipinski definition) is 2. The van der Waals surface area contributed by atoms with Gasteiger partial charge in [0.2, 0.25) is 0 Å². The van der Waals surface area contributed by atoms with Crippen LogP contribution in [0.5, 0.6) is 0 Å². The second-order valence-corrected chi connectivity index (χ2v) is 3.84. The van der Waals surface area contributed by atoms with Gasteiger partial charge in [-0.2, -0.15) is 0 Å². The first kappa shape index (κ1) is 11.9. The van der Waals surface area contributed by atoms with Crippen LogP contribution in [-0.4, -0.2) is 72.5 Å². The molecule has 0 aromatic carbocycles. The fraction of sp³-hybridized carbons (Fsp3) is 1.00. The highest BCUT2D eigenvalue weighted by atomic mass is 16.3. The van der Waals surface area contributed by atoms with E-state index in [-0.39, 0.29) is 13.2 Å². The van der Waals surface area contributed by atoms with Gasteiger partial charge in [-0.3, -0.25) is 4.90 Å². The van der Waals surface area contributed by atoms with Gasteiger partial charge in [0.1, 0.15) is 0 Å². The molecule has 0 radical (unpaired) electrons. The SMILES string of the molecule is OCCCN1CCCN(CCO)CC1. The molecular formula is C10H22N2O2. The predicted octanol–water partition coefficient (Wildman–Crippen LogP) is -0.631. The van der Waals surface area contributed by atoms with E-state index in [0.717, 1.165) is 45.7 Å². The van der Waals surface area contributed by atoms with Gasteiger partial charge in [-0.1, -0.05) is 0 Å². The number of hydrogen-bond acceptors (Lipinski definition) is 4. The van der Waals surface area contributed by atoms with Crippen molar-refractivity contribution in [2.45, 2.75) is 12.8 Å². The third kappa shape index (κ3) is 4.37. The van der Waals surface area contributed by atoms with Crippen LogP contribution in [0.15, 0.2) is 0 Å². The van der Waals surface area contributed by atoms with Gasteiger partial charge in [0.15, 0.2) is 0 Å². The van der Waals surface area contributed by atoms with Crippen molar-refractivity contribution in [3.63, 3.8) is 0 Å². The van der Waals surface area contributed by atoms with Gasteiger partial charge in [0.05, 0.1) is 6.61 Å². The van der Waals surface area contributed by atoms with Crippen LogP contribution in [0.2, 0.25) is 0 Å². The van der Waals surface area contributed by atoms with Gasteiger partial charge < -0.3 is 15.1 Å². The highest BCUT2D eigenvalue weighted by Crippen LogP contribution is 2.02. The first-order valence-corrected chi connectivity index (χ1v) is 5.53. The molecule has 0 aromatic rings.